The summed E-state index contributed by atoms with van der Waals surface area (Å²) in [5.41, 5.74) is 0.535. The van der Waals surface area contributed by atoms with Gasteiger partial charge in [0.15, 0.2) is 0 Å². The third kappa shape index (κ3) is 4.96. The second-order valence-electron chi connectivity index (χ2n) is 9.05. The van der Waals surface area contributed by atoms with Crippen LogP contribution in [0.15, 0.2) is 0 Å². The third-order valence-electron chi connectivity index (χ3n) is 5.79. The Labute approximate surface area is 132 Å². The minimum Gasteiger partial charge on any atom is -0.370 e. The van der Waals surface area contributed by atoms with Crippen LogP contribution < -0.4 is 5.32 Å². The molecule has 1 unspecified atom stereocenters. The van der Waals surface area contributed by atoms with Gasteiger partial charge in [0.25, 0.3) is 0 Å². The lowest BCUT2D eigenvalue weighted by molar-refractivity contribution is -0.130. The fourth-order valence-corrected chi connectivity index (χ4v) is 3.49. The first kappa shape index (κ1) is 17.3. The molecular weight excluding hydrogens is 258 g/mol. The molecule has 2 saturated carbocycles. The summed E-state index contributed by atoms with van der Waals surface area (Å²) in [6, 6.07) is 0.778. The highest BCUT2D eigenvalue weighted by Gasteiger charge is 2.41. The van der Waals surface area contributed by atoms with E-state index < -0.39 is 0 Å². The molecular formula is C19H37NO. The summed E-state index contributed by atoms with van der Waals surface area (Å²) < 4.78 is 6.62. The Morgan fingerprint density at radius 3 is 2.05 bits per heavy atom. The van der Waals surface area contributed by atoms with Gasteiger partial charge >= 0.3 is 0 Å². The number of nitrogens with one attached hydrogen (secondary N) is 1. The van der Waals surface area contributed by atoms with Gasteiger partial charge in [-0.05, 0) is 62.7 Å². The fourth-order valence-electron chi connectivity index (χ4n) is 3.49. The van der Waals surface area contributed by atoms with Crippen molar-refractivity contribution in [3.8, 4) is 0 Å². The Hall–Kier alpha value is -0.0800. The van der Waals surface area contributed by atoms with Crippen molar-refractivity contribution < 1.29 is 4.74 Å². The van der Waals surface area contributed by atoms with E-state index in [1.165, 1.54) is 38.5 Å². The van der Waals surface area contributed by atoms with Gasteiger partial charge in [-0.15, -0.1) is 0 Å². The molecule has 2 rings (SSSR count). The first-order valence-electron chi connectivity index (χ1n) is 9.13. The maximum Gasteiger partial charge on any atom is 0.0810 e. The Morgan fingerprint density at radius 1 is 1.05 bits per heavy atom. The van der Waals surface area contributed by atoms with Crippen LogP contribution >= 0.6 is 0 Å². The first-order chi connectivity index (χ1) is 9.72. The van der Waals surface area contributed by atoms with Crippen molar-refractivity contribution in [2.24, 2.45) is 17.3 Å². The molecule has 0 saturated heterocycles. The van der Waals surface area contributed by atoms with E-state index in [1.807, 2.05) is 0 Å². The van der Waals surface area contributed by atoms with E-state index in [2.05, 4.69) is 46.9 Å². The second kappa shape index (κ2) is 6.58. The van der Waals surface area contributed by atoms with E-state index >= 15 is 0 Å². The van der Waals surface area contributed by atoms with Crippen LogP contribution in [0.1, 0.15) is 80.1 Å². The minimum absolute atomic E-state index is 0.0913. The van der Waals surface area contributed by atoms with Gasteiger partial charge in [-0.3, -0.25) is 0 Å². The van der Waals surface area contributed by atoms with Crippen molar-refractivity contribution in [2.75, 3.05) is 6.54 Å². The molecule has 0 bridgehead atoms. The standard InChI is InChI=1S/C19H37NO/c1-14(2)15(3)21-19(13-20-17-7-8-17)11-9-16(10-12-19)18(4,5)6/h14-17,20H,7-13H2,1-6H3. The van der Waals surface area contributed by atoms with Crippen molar-refractivity contribution in [3.63, 3.8) is 0 Å². The van der Waals surface area contributed by atoms with Gasteiger partial charge in [-0.25, -0.2) is 0 Å². The SMILES string of the molecule is CC(C)C(C)OC1(CNC2CC2)CCC(C(C)(C)C)CC1. The van der Waals surface area contributed by atoms with Crippen LogP contribution in [0.3, 0.4) is 0 Å². The van der Waals surface area contributed by atoms with Crippen LogP contribution in [0.4, 0.5) is 0 Å². The predicted octanol–water partition coefficient (Wildman–Crippen LogP) is 4.77. The average Bonchev–Trinajstić information content (AvgIpc) is 3.20. The normalized spacial score (nSPS) is 32.4. The minimum atomic E-state index is 0.0913. The van der Waals surface area contributed by atoms with Gasteiger partial charge in [-0.2, -0.15) is 0 Å². The van der Waals surface area contributed by atoms with Crippen LogP contribution in [0, 0.1) is 17.3 Å². The summed E-state index contributed by atoms with van der Waals surface area (Å²) >= 11 is 0. The van der Waals surface area contributed by atoms with Crippen molar-refractivity contribution in [3.05, 3.63) is 0 Å². The summed E-state index contributed by atoms with van der Waals surface area (Å²) in [6.45, 7) is 15.0. The zero-order chi connectivity index (χ0) is 15.7. The lowest BCUT2D eigenvalue weighted by Gasteiger charge is -2.45. The average molecular weight is 296 g/mol. The Morgan fingerprint density at radius 2 is 1.62 bits per heavy atom. The summed E-state index contributed by atoms with van der Waals surface area (Å²) in [5.74, 6) is 1.45. The molecule has 124 valence electrons. The predicted molar refractivity (Wildman–Crippen MR) is 90.6 cm³/mol. The molecule has 0 heterocycles. The van der Waals surface area contributed by atoms with Crippen LogP contribution in [-0.4, -0.2) is 24.3 Å². The molecule has 2 fully saturated rings. The molecule has 0 amide bonds. The molecule has 2 aliphatic carbocycles. The lowest BCUT2D eigenvalue weighted by atomic mass is 9.68. The van der Waals surface area contributed by atoms with Crippen LogP contribution in [-0.2, 0) is 4.74 Å². The largest absolute Gasteiger partial charge is 0.370 e. The quantitative estimate of drug-likeness (QED) is 0.762. The van der Waals surface area contributed by atoms with Gasteiger partial charge in [0.05, 0.1) is 11.7 Å². The van der Waals surface area contributed by atoms with Crippen molar-refractivity contribution in [1.82, 2.24) is 5.32 Å². The van der Waals surface area contributed by atoms with Crippen LogP contribution in [0.25, 0.3) is 0 Å². The summed E-state index contributed by atoms with van der Waals surface area (Å²) in [7, 11) is 0. The number of hydrogen-bond acceptors (Lipinski definition) is 2. The van der Waals surface area contributed by atoms with Crippen LogP contribution in [0.2, 0.25) is 0 Å². The molecule has 1 atom stereocenters. The van der Waals surface area contributed by atoms with Gasteiger partial charge in [0, 0.05) is 12.6 Å². The molecule has 0 radical (unpaired) electrons. The smallest absolute Gasteiger partial charge is 0.0810 e. The van der Waals surface area contributed by atoms with E-state index in [-0.39, 0.29) is 5.60 Å². The number of ether oxygens (including phenoxy) is 1. The highest BCUT2D eigenvalue weighted by Crippen LogP contribution is 2.43. The fraction of sp³-hybridized carbons (Fsp3) is 1.00. The van der Waals surface area contributed by atoms with E-state index in [0.29, 0.717) is 17.4 Å². The summed E-state index contributed by atoms with van der Waals surface area (Å²) in [5, 5.41) is 3.74. The van der Waals surface area contributed by atoms with E-state index in [9.17, 15) is 0 Å². The van der Waals surface area contributed by atoms with Gasteiger partial charge in [0.2, 0.25) is 0 Å². The molecule has 0 aromatic heterocycles. The van der Waals surface area contributed by atoms with Gasteiger partial charge in [0.1, 0.15) is 0 Å². The Balaban J connectivity index is 1.96. The van der Waals surface area contributed by atoms with E-state index in [1.54, 1.807) is 0 Å². The van der Waals surface area contributed by atoms with E-state index in [4.69, 9.17) is 4.74 Å². The molecule has 2 aliphatic rings. The molecule has 0 aromatic carbocycles. The molecule has 21 heavy (non-hydrogen) atoms. The topological polar surface area (TPSA) is 21.3 Å². The van der Waals surface area contributed by atoms with Gasteiger partial charge in [-0.1, -0.05) is 34.6 Å². The van der Waals surface area contributed by atoms with Crippen molar-refractivity contribution in [1.29, 1.82) is 0 Å². The third-order valence-corrected chi connectivity index (χ3v) is 5.79. The second-order valence-corrected chi connectivity index (χ2v) is 9.05. The van der Waals surface area contributed by atoms with E-state index in [0.717, 1.165) is 18.5 Å². The molecule has 2 heteroatoms. The Kier molecular flexibility index (Phi) is 5.41. The Bertz CT molecular complexity index is 319. The molecule has 0 spiro atoms. The maximum atomic E-state index is 6.62. The molecule has 0 aliphatic heterocycles. The highest BCUT2D eigenvalue weighted by molar-refractivity contribution is 4.95. The monoisotopic (exact) mass is 295 g/mol. The first-order valence-corrected chi connectivity index (χ1v) is 9.13. The highest BCUT2D eigenvalue weighted by atomic mass is 16.5. The zero-order valence-corrected chi connectivity index (χ0v) is 15.2. The molecule has 1 N–H and O–H groups in total. The maximum absolute atomic E-state index is 6.62. The molecule has 2 nitrogen and oxygen atoms in total. The summed E-state index contributed by atoms with van der Waals surface area (Å²) in [6.07, 6.45) is 8.18. The molecule has 0 aromatic rings. The zero-order valence-electron chi connectivity index (χ0n) is 15.2. The lowest BCUT2D eigenvalue weighted by Crippen LogP contribution is -2.49. The summed E-state index contributed by atoms with van der Waals surface area (Å²) in [4.78, 5) is 0. The van der Waals surface area contributed by atoms with Crippen molar-refractivity contribution in [2.45, 2.75) is 97.8 Å². The number of hydrogen-bond donors (Lipinski definition) is 1. The van der Waals surface area contributed by atoms with Crippen molar-refractivity contribution >= 4 is 0 Å². The van der Waals surface area contributed by atoms with Gasteiger partial charge < -0.3 is 10.1 Å². The number of rotatable bonds is 6. The van der Waals surface area contributed by atoms with Crippen LogP contribution in [0.5, 0.6) is 0 Å².